The van der Waals surface area contributed by atoms with Crippen LogP contribution in [0.15, 0.2) is 0 Å². The van der Waals surface area contributed by atoms with Crippen LogP contribution >= 0.6 is 0 Å². The van der Waals surface area contributed by atoms with Crippen LogP contribution in [0.25, 0.3) is 0 Å². The molecule has 76 valence electrons. The molecule has 1 heterocycles. The van der Waals surface area contributed by atoms with E-state index >= 15 is 0 Å². The molecule has 0 unspecified atom stereocenters. The molecule has 3 nitrogen and oxygen atoms in total. The van der Waals surface area contributed by atoms with Gasteiger partial charge in [-0.15, -0.1) is 0 Å². The smallest absolute Gasteiger partial charge is 0.222 e. The van der Waals surface area contributed by atoms with Crippen LogP contribution in [0.5, 0.6) is 0 Å². The number of carbonyl (C=O) groups excluding carboxylic acids is 1. The SMILES string of the molecule is C[C@@H]1CCCN(C(=O)CCCN)C1. The number of piperidine rings is 1. The molecule has 0 aliphatic carbocycles. The summed E-state index contributed by atoms with van der Waals surface area (Å²) in [5.74, 6) is 0.965. The van der Waals surface area contributed by atoms with Crippen LogP contribution in [-0.2, 0) is 4.79 Å². The lowest BCUT2D eigenvalue weighted by Crippen LogP contribution is -2.39. The Bertz CT molecular complexity index is 170. The molecule has 1 aliphatic heterocycles. The molecule has 1 fully saturated rings. The minimum absolute atomic E-state index is 0.289. The van der Waals surface area contributed by atoms with Crippen LogP contribution in [0.4, 0.5) is 0 Å². The molecular weight excluding hydrogens is 164 g/mol. The molecule has 2 N–H and O–H groups in total. The minimum Gasteiger partial charge on any atom is -0.342 e. The second-order valence-corrected chi connectivity index (χ2v) is 3.98. The highest BCUT2D eigenvalue weighted by atomic mass is 16.2. The Morgan fingerprint density at radius 2 is 2.38 bits per heavy atom. The maximum absolute atomic E-state index is 11.6. The third-order valence-electron chi connectivity index (χ3n) is 2.60. The monoisotopic (exact) mass is 184 g/mol. The summed E-state index contributed by atoms with van der Waals surface area (Å²) in [7, 11) is 0. The number of amides is 1. The third-order valence-corrected chi connectivity index (χ3v) is 2.60. The summed E-state index contributed by atoms with van der Waals surface area (Å²) in [5, 5.41) is 0. The molecule has 0 radical (unpaired) electrons. The maximum Gasteiger partial charge on any atom is 0.222 e. The van der Waals surface area contributed by atoms with Crippen molar-refractivity contribution in [2.45, 2.75) is 32.6 Å². The van der Waals surface area contributed by atoms with Gasteiger partial charge in [0.25, 0.3) is 0 Å². The van der Waals surface area contributed by atoms with Gasteiger partial charge in [0.15, 0.2) is 0 Å². The van der Waals surface area contributed by atoms with Gasteiger partial charge in [0.2, 0.25) is 5.91 Å². The average molecular weight is 184 g/mol. The molecule has 1 aliphatic rings. The van der Waals surface area contributed by atoms with E-state index in [0.717, 1.165) is 25.9 Å². The highest BCUT2D eigenvalue weighted by Crippen LogP contribution is 2.16. The summed E-state index contributed by atoms with van der Waals surface area (Å²) in [6.07, 6.45) is 3.88. The largest absolute Gasteiger partial charge is 0.342 e. The molecule has 0 spiro atoms. The molecule has 1 saturated heterocycles. The van der Waals surface area contributed by atoms with Gasteiger partial charge in [0, 0.05) is 19.5 Å². The zero-order valence-corrected chi connectivity index (χ0v) is 8.46. The molecule has 13 heavy (non-hydrogen) atoms. The molecular formula is C10H20N2O. The van der Waals surface area contributed by atoms with E-state index in [1.54, 1.807) is 0 Å². The fourth-order valence-electron chi connectivity index (χ4n) is 1.83. The maximum atomic E-state index is 11.6. The van der Waals surface area contributed by atoms with E-state index in [1.807, 2.05) is 4.90 Å². The lowest BCUT2D eigenvalue weighted by Gasteiger charge is -2.31. The number of nitrogens with zero attached hydrogens (tertiary/aromatic N) is 1. The van der Waals surface area contributed by atoms with E-state index < -0.39 is 0 Å². The van der Waals surface area contributed by atoms with E-state index in [4.69, 9.17) is 5.73 Å². The average Bonchev–Trinajstić information content (AvgIpc) is 2.14. The van der Waals surface area contributed by atoms with Gasteiger partial charge in [-0.3, -0.25) is 4.79 Å². The third kappa shape index (κ3) is 3.35. The van der Waals surface area contributed by atoms with Crippen molar-refractivity contribution in [2.75, 3.05) is 19.6 Å². The van der Waals surface area contributed by atoms with E-state index in [2.05, 4.69) is 6.92 Å². The summed E-state index contributed by atoms with van der Waals surface area (Å²) in [5.41, 5.74) is 5.36. The molecule has 0 aromatic heterocycles. The predicted molar refractivity (Wildman–Crippen MR) is 53.3 cm³/mol. The number of hydrogen-bond donors (Lipinski definition) is 1. The van der Waals surface area contributed by atoms with Crippen LogP contribution in [0.1, 0.15) is 32.6 Å². The van der Waals surface area contributed by atoms with E-state index in [9.17, 15) is 4.79 Å². The first-order valence-electron chi connectivity index (χ1n) is 5.22. The van der Waals surface area contributed by atoms with Crippen molar-refractivity contribution in [2.24, 2.45) is 11.7 Å². The zero-order chi connectivity index (χ0) is 9.68. The van der Waals surface area contributed by atoms with Crippen molar-refractivity contribution in [3.63, 3.8) is 0 Å². The standard InChI is InChI=1S/C10H20N2O/c1-9-4-3-7-12(8-9)10(13)5-2-6-11/h9H,2-8,11H2,1H3/t9-/m1/s1. The van der Waals surface area contributed by atoms with E-state index in [0.29, 0.717) is 18.9 Å². The Labute approximate surface area is 80.3 Å². The van der Waals surface area contributed by atoms with Gasteiger partial charge in [0.05, 0.1) is 0 Å². The highest BCUT2D eigenvalue weighted by molar-refractivity contribution is 5.76. The van der Waals surface area contributed by atoms with E-state index in [-0.39, 0.29) is 5.91 Å². The fraction of sp³-hybridized carbons (Fsp3) is 0.900. The zero-order valence-electron chi connectivity index (χ0n) is 8.46. The van der Waals surface area contributed by atoms with Gasteiger partial charge in [-0.1, -0.05) is 6.92 Å². The summed E-state index contributed by atoms with van der Waals surface area (Å²) < 4.78 is 0. The summed E-state index contributed by atoms with van der Waals surface area (Å²) >= 11 is 0. The van der Waals surface area contributed by atoms with Crippen molar-refractivity contribution in [3.05, 3.63) is 0 Å². The van der Waals surface area contributed by atoms with Crippen LogP contribution in [0.2, 0.25) is 0 Å². The van der Waals surface area contributed by atoms with Crippen molar-refractivity contribution < 1.29 is 4.79 Å². The molecule has 0 bridgehead atoms. The fourth-order valence-corrected chi connectivity index (χ4v) is 1.83. The van der Waals surface area contributed by atoms with Gasteiger partial charge in [-0.2, -0.15) is 0 Å². The number of nitrogens with two attached hydrogens (primary N) is 1. The molecule has 3 heteroatoms. The first kappa shape index (κ1) is 10.5. The molecule has 1 rings (SSSR count). The normalized spacial score (nSPS) is 23.2. The topological polar surface area (TPSA) is 46.3 Å². The Morgan fingerprint density at radius 1 is 1.62 bits per heavy atom. The van der Waals surface area contributed by atoms with Crippen molar-refractivity contribution in [3.8, 4) is 0 Å². The molecule has 1 atom stereocenters. The predicted octanol–water partition coefficient (Wildman–Crippen LogP) is 0.984. The first-order valence-corrected chi connectivity index (χ1v) is 5.22. The Hall–Kier alpha value is -0.570. The van der Waals surface area contributed by atoms with Crippen LogP contribution in [-0.4, -0.2) is 30.4 Å². The Kier molecular flexibility index (Phi) is 4.22. The molecule has 0 aromatic rings. The lowest BCUT2D eigenvalue weighted by molar-refractivity contribution is -0.132. The summed E-state index contributed by atoms with van der Waals surface area (Å²) in [4.78, 5) is 13.6. The van der Waals surface area contributed by atoms with Crippen molar-refractivity contribution >= 4 is 5.91 Å². The van der Waals surface area contributed by atoms with Gasteiger partial charge in [0.1, 0.15) is 0 Å². The van der Waals surface area contributed by atoms with Crippen molar-refractivity contribution in [1.82, 2.24) is 4.90 Å². The summed E-state index contributed by atoms with van der Waals surface area (Å²) in [6, 6.07) is 0. The van der Waals surface area contributed by atoms with Crippen LogP contribution < -0.4 is 5.73 Å². The molecule has 0 saturated carbocycles. The molecule has 1 amide bonds. The second kappa shape index (κ2) is 5.22. The van der Waals surface area contributed by atoms with Gasteiger partial charge < -0.3 is 10.6 Å². The quantitative estimate of drug-likeness (QED) is 0.711. The number of rotatable bonds is 3. The minimum atomic E-state index is 0.289. The van der Waals surface area contributed by atoms with Gasteiger partial charge in [-0.05, 0) is 31.7 Å². The second-order valence-electron chi connectivity index (χ2n) is 3.98. The Balaban J connectivity index is 2.28. The van der Waals surface area contributed by atoms with Gasteiger partial charge in [-0.25, -0.2) is 0 Å². The number of likely N-dealkylation sites (tertiary alicyclic amines) is 1. The van der Waals surface area contributed by atoms with Crippen LogP contribution in [0, 0.1) is 5.92 Å². The summed E-state index contributed by atoms with van der Waals surface area (Å²) in [6.45, 7) is 4.73. The highest BCUT2D eigenvalue weighted by Gasteiger charge is 2.19. The van der Waals surface area contributed by atoms with E-state index in [1.165, 1.54) is 6.42 Å². The first-order chi connectivity index (χ1) is 6.24. The van der Waals surface area contributed by atoms with Gasteiger partial charge >= 0.3 is 0 Å². The molecule has 0 aromatic carbocycles. The number of carbonyl (C=O) groups is 1. The van der Waals surface area contributed by atoms with Crippen LogP contribution in [0.3, 0.4) is 0 Å². The number of hydrogen-bond acceptors (Lipinski definition) is 2. The lowest BCUT2D eigenvalue weighted by atomic mass is 10.00. The van der Waals surface area contributed by atoms with Crippen molar-refractivity contribution in [1.29, 1.82) is 0 Å². The Morgan fingerprint density at radius 3 is 3.00 bits per heavy atom.